The summed E-state index contributed by atoms with van der Waals surface area (Å²) in [5.74, 6) is 4.52. The first-order valence-electron chi connectivity index (χ1n) is 10.8. The van der Waals surface area contributed by atoms with Crippen molar-refractivity contribution in [2.24, 2.45) is 0 Å². The number of benzene rings is 1. The quantitative estimate of drug-likeness (QED) is 0.635. The molecular weight excluding hydrogens is 406 g/mol. The standard InChI is InChI=1S/C23H27N7O2/c1-16-13-22(28-27-16)25-21-15-23(30-9-7-29(2)8-10-30)26-20(24-21)6-4-17-3-5-18-19(14-17)32-12-11-31-18/h3-6,13-15H,7-12H2,1-2H3,(H2,24,25,26,27,28)/b6-4+. The summed E-state index contributed by atoms with van der Waals surface area (Å²) in [6, 6.07) is 9.84. The Morgan fingerprint density at radius 3 is 2.53 bits per heavy atom. The molecule has 5 rings (SSSR count). The molecule has 2 aliphatic rings. The van der Waals surface area contributed by atoms with E-state index < -0.39 is 0 Å². The summed E-state index contributed by atoms with van der Waals surface area (Å²) in [4.78, 5) is 14.1. The first kappa shape index (κ1) is 20.3. The van der Waals surface area contributed by atoms with Gasteiger partial charge in [0, 0.05) is 44.0 Å². The Morgan fingerprint density at radius 1 is 0.938 bits per heavy atom. The summed E-state index contributed by atoms with van der Waals surface area (Å²) in [5.41, 5.74) is 1.99. The lowest BCUT2D eigenvalue weighted by Gasteiger charge is -2.33. The Morgan fingerprint density at radius 2 is 1.75 bits per heavy atom. The molecule has 0 spiro atoms. The second-order valence-electron chi connectivity index (χ2n) is 8.06. The minimum atomic E-state index is 0.568. The van der Waals surface area contributed by atoms with E-state index in [1.165, 1.54) is 0 Å². The van der Waals surface area contributed by atoms with Gasteiger partial charge in [-0.05, 0) is 37.7 Å². The van der Waals surface area contributed by atoms with E-state index in [2.05, 4.69) is 32.4 Å². The number of nitrogens with one attached hydrogen (secondary N) is 2. The van der Waals surface area contributed by atoms with Crippen molar-refractivity contribution in [2.75, 3.05) is 56.7 Å². The zero-order valence-electron chi connectivity index (χ0n) is 18.3. The topological polar surface area (TPSA) is 91.4 Å². The Balaban J connectivity index is 1.42. The highest BCUT2D eigenvalue weighted by atomic mass is 16.6. The van der Waals surface area contributed by atoms with Crippen molar-refractivity contribution in [1.29, 1.82) is 0 Å². The van der Waals surface area contributed by atoms with E-state index in [-0.39, 0.29) is 0 Å². The maximum Gasteiger partial charge on any atom is 0.161 e. The summed E-state index contributed by atoms with van der Waals surface area (Å²) in [5, 5.41) is 10.5. The number of rotatable bonds is 5. The van der Waals surface area contributed by atoms with Crippen LogP contribution in [0.3, 0.4) is 0 Å². The van der Waals surface area contributed by atoms with Gasteiger partial charge in [-0.15, -0.1) is 0 Å². The van der Waals surface area contributed by atoms with Gasteiger partial charge in [0.2, 0.25) is 0 Å². The molecule has 0 unspecified atom stereocenters. The second kappa shape index (κ2) is 8.88. The number of aromatic amines is 1. The fraction of sp³-hybridized carbons (Fsp3) is 0.348. The van der Waals surface area contributed by atoms with E-state index in [0.717, 1.165) is 60.6 Å². The lowest BCUT2D eigenvalue weighted by Crippen LogP contribution is -2.44. The molecule has 0 radical (unpaired) electrons. The SMILES string of the molecule is Cc1cc(Nc2cc(N3CCN(C)CC3)nc(/C=C/c3ccc4c(c3)OCCO4)n2)n[nH]1. The van der Waals surface area contributed by atoms with Gasteiger partial charge in [-0.25, -0.2) is 9.97 Å². The molecule has 1 aromatic carbocycles. The predicted molar refractivity (Wildman–Crippen MR) is 125 cm³/mol. The number of likely N-dealkylation sites (N-methyl/N-ethyl adjacent to an activating group) is 1. The normalized spacial score (nSPS) is 16.5. The smallest absolute Gasteiger partial charge is 0.161 e. The van der Waals surface area contributed by atoms with Crippen LogP contribution < -0.4 is 19.7 Å². The predicted octanol–water partition coefficient (Wildman–Crippen LogP) is 2.95. The molecule has 0 atom stereocenters. The minimum absolute atomic E-state index is 0.568. The van der Waals surface area contributed by atoms with Crippen LogP contribution in [0.4, 0.5) is 17.5 Å². The van der Waals surface area contributed by atoms with Gasteiger partial charge in [0.1, 0.15) is 24.8 Å². The van der Waals surface area contributed by atoms with Crippen molar-refractivity contribution in [3.05, 3.63) is 47.4 Å². The molecule has 0 aliphatic carbocycles. The highest BCUT2D eigenvalue weighted by Gasteiger charge is 2.17. The van der Waals surface area contributed by atoms with Crippen molar-refractivity contribution in [1.82, 2.24) is 25.1 Å². The maximum atomic E-state index is 5.69. The lowest BCUT2D eigenvalue weighted by molar-refractivity contribution is 0.171. The van der Waals surface area contributed by atoms with Crippen molar-refractivity contribution >= 4 is 29.6 Å². The Hall–Kier alpha value is -3.59. The Kier molecular flexibility index (Phi) is 5.64. The summed E-state index contributed by atoms with van der Waals surface area (Å²) in [7, 11) is 2.14. The third-order valence-electron chi connectivity index (χ3n) is 5.51. The van der Waals surface area contributed by atoms with Crippen LogP contribution in [-0.4, -0.2) is 71.5 Å². The van der Waals surface area contributed by atoms with E-state index in [0.29, 0.717) is 24.9 Å². The minimum Gasteiger partial charge on any atom is -0.486 e. The van der Waals surface area contributed by atoms with E-state index in [4.69, 9.17) is 19.4 Å². The summed E-state index contributed by atoms with van der Waals surface area (Å²) < 4.78 is 11.3. The molecule has 3 aromatic rings. The van der Waals surface area contributed by atoms with Crippen LogP contribution in [-0.2, 0) is 0 Å². The highest BCUT2D eigenvalue weighted by Crippen LogP contribution is 2.31. The van der Waals surface area contributed by atoms with Gasteiger partial charge in [-0.2, -0.15) is 5.10 Å². The zero-order valence-corrected chi connectivity index (χ0v) is 18.3. The van der Waals surface area contributed by atoms with Crippen LogP contribution in [0.15, 0.2) is 30.3 Å². The van der Waals surface area contributed by atoms with Crippen LogP contribution in [0.2, 0.25) is 0 Å². The van der Waals surface area contributed by atoms with Crippen LogP contribution in [0, 0.1) is 6.92 Å². The molecule has 32 heavy (non-hydrogen) atoms. The second-order valence-corrected chi connectivity index (χ2v) is 8.06. The number of aromatic nitrogens is 4. The number of hydrogen-bond acceptors (Lipinski definition) is 8. The summed E-state index contributed by atoms with van der Waals surface area (Å²) >= 11 is 0. The maximum absolute atomic E-state index is 5.69. The number of hydrogen-bond donors (Lipinski definition) is 2. The fourth-order valence-corrected chi connectivity index (χ4v) is 3.74. The molecule has 1 fully saturated rings. The number of anilines is 3. The van der Waals surface area contributed by atoms with Crippen LogP contribution in [0.1, 0.15) is 17.1 Å². The van der Waals surface area contributed by atoms with Crippen molar-refractivity contribution in [2.45, 2.75) is 6.92 Å². The number of ether oxygens (including phenoxy) is 2. The number of piperazine rings is 1. The van der Waals surface area contributed by atoms with Crippen molar-refractivity contribution < 1.29 is 9.47 Å². The third kappa shape index (κ3) is 4.67. The molecular formula is C23H27N7O2. The van der Waals surface area contributed by atoms with Gasteiger partial charge in [-0.3, -0.25) is 5.10 Å². The monoisotopic (exact) mass is 433 g/mol. The van der Waals surface area contributed by atoms with Gasteiger partial charge in [0.15, 0.2) is 23.1 Å². The van der Waals surface area contributed by atoms with E-state index >= 15 is 0 Å². The van der Waals surface area contributed by atoms with Gasteiger partial charge in [-0.1, -0.05) is 12.1 Å². The molecule has 2 aliphatic heterocycles. The third-order valence-corrected chi connectivity index (χ3v) is 5.51. The molecule has 9 nitrogen and oxygen atoms in total. The molecule has 0 amide bonds. The molecule has 166 valence electrons. The average Bonchev–Trinajstić information content (AvgIpc) is 3.22. The Labute approximate surface area is 187 Å². The van der Waals surface area contributed by atoms with Crippen LogP contribution in [0.25, 0.3) is 12.2 Å². The molecule has 9 heteroatoms. The van der Waals surface area contributed by atoms with Gasteiger partial charge in [0.25, 0.3) is 0 Å². The van der Waals surface area contributed by atoms with E-state index in [1.54, 1.807) is 0 Å². The first-order valence-corrected chi connectivity index (χ1v) is 10.8. The molecule has 4 heterocycles. The lowest BCUT2D eigenvalue weighted by atomic mass is 10.2. The number of aryl methyl sites for hydroxylation is 1. The van der Waals surface area contributed by atoms with Crippen LogP contribution in [0.5, 0.6) is 11.5 Å². The average molecular weight is 434 g/mol. The molecule has 0 bridgehead atoms. The zero-order chi connectivity index (χ0) is 21.9. The highest BCUT2D eigenvalue weighted by molar-refractivity contribution is 5.70. The number of H-pyrrole nitrogens is 1. The van der Waals surface area contributed by atoms with Gasteiger partial charge < -0.3 is 24.6 Å². The number of nitrogens with zero attached hydrogens (tertiary/aromatic N) is 5. The molecule has 1 saturated heterocycles. The largest absolute Gasteiger partial charge is 0.486 e. The molecule has 0 saturated carbocycles. The van der Waals surface area contributed by atoms with E-state index in [1.807, 2.05) is 49.4 Å². The summed E-state index contributed by atoms with van der Waals surface area (Å²) in [6.45, 7) is 6.99. The molecule has 2 aromatic heterocycles. The fourth-order valence-electron chi connectivity index (χ4n) is 3.74. The van der Waals surface area contributed by atoms with Crippen LogP contribution >= 0.6 is 0 Å². The van der Waals surface area contributed by atoms with Crippen molar-refractivity contribution in [3.8, 4) is 11.5 Å². The molecule has 2 N–H and O–H groups in total. The number of fused-ring (bicyclic) bond motifs is 1. The van der Waals surface area contributed by atoms with Gasteiger partial charge >= 0.3 is 0 Å². The summed E-state index contributed by atoms with van der Waals surface area (Å²) in [6.07, 6.45) is 3.91. The first-order chi connectivity index (χ1) is 15.6. The van der Waals surface area contributed by atoms with E-state index in [9.17, 15) is 0 Å². The van der Waals surface area contributed by atoms with Crippen molar-refractivity contribution in [3.63, 3.8) is 0 Å². The Bertz CT molecular complexity index is 1120. The van der Waals surface area contributed by atoms with Gasteiger partial charge in [0.05, 0.1) is 0 Å².